The standard InChI is InChI=1S/C14H18O5/c1-9(15)10-4-5-11-12(6-10)19-14(8-17-3)13(18-11)7-16-2/h4-6,13-14H,7-8H2,1-3H3/t13-,14-/m1/s1. The first-order valence-electron chi connectivity index (χ1n) is 6.12. The quantitative estimate of drug-likeness (QED) is 0.759. The Labute approximate surface area is 112 Å². The van der Waals surface area contributed by atoms with Gasteiger partial charge in [0.25, 0.3) is 0 Å². The van der Waals surface area contributed by atoms with E-state index in [4.69, 9.17) is 18.9 Å². The lowest BCUT2D eigenvalue weighted by molar-refractivity contribution is -0.0514. The van der Waals surface area contributed by atoms with E-state index in [0.29, 0.717) is 30.3 Å². The molecule has 19 heavy (non-hydrogen) atoms. The van der Waals surface area contributed by atoms with Gasteiger partial charge in [-0.15, -0.1) is 0 Å². The summed E-state index contributed by atoms with van der Waals surface area (Å²) in [5.41, 5.74) is 0.601. The summed E-state index contributed by atoms with van der Waals surface area (Å²) in [5, 5.41) is 0. The van der Waals surface area contributed by atoms with Crippen LogP contribution in [0, 0.1) is 0 Å². The van der Waals surface area contributed by atoms with Crippen LogP contribution in [0.4, 0.5) is 0 Å². The van der Waals surface area contributed by atoms with Crippen molar-refractivity contribution in [2.45, 2.75) is 19.1 Å². The zero-order valence-electron chi connectivity index (χ0n) is 11.3. The molecule has 2 rings (SSSR count). The summed E-state index contributed by atoms with van der Waals surface area (Å²) >= 11 is 0. The van der Waals surface area contributed by atoms with Crippen molar-refractivity contribution in [3.8, 4) is 11.5 Å². The summed E-state index contributed by atoms with van der Waals surface area (Å²) in [6.07, 6.45) is -0.472. The van der Waals surface area contributed by atoms with E-state index < -0.39 is 0 Å². The number of ether oxygens (including phenoxy) is 4. The molecule has 1 aliphatic heterocycles. The third-order valence-corrected chi connectivity index (χ3v) is 2.98. The Balaban J connectivity index is 2.24. The van der Waals surface area contributed by atoms with Gasteiger partial charge in [0.1, 0.15) is 0 Å². The second-order valence-corrected chi connectivity index (χ2v) is 4.44. The van der Waals surface area contributed by atoms with Gasteiger partial charge in [-0.2, -0.15) is 0 Å². The predicted molar refractivity (Wildman–Crippen MR) is 69.0 cm³/mol. The highest BCUT2D eigenvalue weighted by Gasteiger charge is 2.32. The van der Waals surface area contributed by atoms with Crippen molar-refractivity contribution in [1.82, 2.24) is 0 Å². The number of carbonyl (C=O) groups excluding carboxylic acids is 1. The third-order valence-electron chi connectivity index (χ3n) is 2.98. The molecule has 5 heteroatoms. The van der Waals surface area contributed by atoms with Crippen molar-refractivity contribution >= 4 is 5.78 Å². The molecule has 0 saturated carbocycles. The molecule has 0 radical (unpaired) electrons. The Bertz CT molecular complexity index is 457. The van der Waals surface area contributed by atoms with Gasteiger partial charge in [-0.05, 0) is 25.1 Å². The van der Waals surface area contributed by atoms with Crippen LogP contribution in [0.1, 0.15) is 17.3 Å². The summed E-state index contributed by atoms with van der Waals surface area (Å²) in [4.78, 5) is 11.4. The average molecular weight is 266 g/mol. The van der Waals surface area contributed by atoms with Gasteiger partial charge in [0, 0.05) is 19.8 Å². The summed E-state index contributed by atoms with van der Waals surface area (Å²) in [6.45, 7) is 2.34. The maximum atomic E-state index is 11.4. The number of methoxy groups -OCH3 is 2. The van der Waals surface area contributed by atoms with E-state index in [0.717, 1.165) is 0 Å². The Kier molecular flexibility index (Phi) is 4.39. The molecular weight excluding hydrogens is 248 g/mol. The molecule has 1 aliphatic rings. The molecule has 1 aromatic carbocycles. The zero-order valence-corrected chi connectivity index (χ0v) is 11.3. The molecule has 1 heterocycles. The highest BCUT2D eigenvalue weighted by molar-refractivity contribution is 5.94. The lowest BCUT2D eigenvalue weighted by Gasteiger charge is -2.33. The molecule has 5 nitrogen and oxygen atoms in total. The minimum Gasteiger partial charge on any atom is -0.480 e. The molecule has 1 aromatic rings. The molecule has 0 amide bonds. The second-order valence-electron chi connectivity index (χ2n) is 4.44. The van der Waals surface area contributed by atoms with Crippen LogP contribution in [-0.2, 0) is 9.47 Å². The number of fused-ring (bicyclic) bond motifs is 1. The van der Waals surface area contributed by atoms with Crippen LogP contribution in [0.25, 0.3) is 0 Å². The van der Waals surface area contributed by atoms with Crippen molar-refractivity contribution in [3.05, 3.63) is 23.8 Å². The van der Waals surface area contributed by atoms with Crippen LogP contribution in [0.15, 0.2) is 18.2 Å². The fourth-order valence-electron chi connectivity index (χ4n) is 2.01. The minimum atomic E-state index is -0.250. The smallest absolute Gasteiger partial charge is 0.162 e. The highest BCUT2D eigenvalue weighted by atomic mass is 16.6. The molecular formula is C14H18O5. The molecule has 0 saturated heterocycles. The first kappa shape index (κ1) is 13.8. The van der Waals surface area contributed by atoms with Crippen molar-refractivity contribution in [2.24, 2.45) is 0 Å². The maximum Gasteiger partial charge on any atom is 0.162 e. The van der Waals surface area contributed by atoms with Gasteiger partial charge in [-0.1, -0.05) is 0 Å². The zero-order chi connectivity index (χ0) is 13.8. The van der Waals surface area contributed by atoms with E-state index in [1.807, 2.05) is 0 Å². The number of hydrogen-bond acceptors (Lipinski definition) is 5. The highest BCUT2D eigenvalue weighted by Crippen LogP contribution is 2.35. The second kappa shape index (κ2) is 6.04. The molecule has 0 N–H and O–H groups in total. The van der Waals surface area contributed by atoms with Gasteiger partial charge in [0.2, 0.25) is 0 Å². The fraction of sp³-hybridized carbons (Fsp3) is 0.500. The molecule has 104 valence electrons. The Morgan fingerprint density at radius 2 is 1.68 bits per heavy atom. The number of benzene rings is 1. The Morgan fingerprint density at radius 1 is 1.11 bits per heavy atom. The average Bonchev–Trinajstić information content (AvgIpc) is 2.39. The molecule has 0 spiro atoms. The molecule has 0 aromatic heterocycles. The largest absolute Gasteiger partial charge is 0.480 e. The van der Waals surface area contributed by atoms with Crippen LogP contribution in [0.5, 0.6) is 11.5 Å². The monoisotopic (exact) mass is 266 g/mol. The molecule has 0 fully saturated rings. The number of Topliss-reactive ketones (excluding diaryl/α,β-unsaturated/α-hetero) is 1. The van der Waals surface area contributed by atoms with Gasteiger partial charge in [0.15, 0.2) is 29.5 Å². The van der Waals surface area contributed by atoms with Crippen molar-refractivity contribution in [2.75, 3.05) is 27.4 Å². The van der Waals surface area contributed by atoms with E-state index in [2.05, 4.69) is 0 Å². The fourth-order valence-corrected chi connectivity index (χ4v) is 2.01. The van der Waals surface area contributed by atoms with Crippen LogP contribution >= 0.6 is 0 Å². The third kappa shape index (κ3) is 3.05. The first-order valence-corrected chi connectivity index (χ1v) is 6.12. The molecule has 2 atom stereocenters. The number of rotatable bonds is 5. The van der Waals surface area contributed by atoms with Crippen molar-refractivity contribution in [3.63, 3.8) is 0 Å². The van der Waals surface area contributed by atoms with E-state index in [9.17, 15) is 4.79 Å². The Hall–Kier alpha value is -1.59. The van der Waals surface area contributed by atoms with Gasteiger partial charge in [-0.25, -0.2) is 0 Å². The lowest BCUT2D eigenvalue weighted by atomic mass is 10.1. The minimum absolute atomic E-state index is 0.00583. The number of hydrogen-bond donors (Lipinski definition) is 0. The van der Waals surface area contributed by atoms with Gasteiger partial charge < -0.3 is 18.9 Å². The Morgan fingerprint density at radius 3 is 2.21 bits per heavy atom. The van der Waals surface area contributed by atoms with Gasteiger partial charge >= 0.3 is 0 Å². The van der Waals surface area contributed by atoms with Gasteiger partial charge in [0.05, 0.1) is 13.2 Å². The van der Waals surface area contributed by atoms with E-state index in [1.54, 1.807) is 32.4 Å². The summed E-state index contributed by atoms with van der Waals surface area (Å²) in [5.74, 6) is 1.19. The number of carbonyl (C=O) groups is 1. The van der Waals surface area contributed by atoms with E-state index in [-0.39, 0.29) is 18.0 Å². The van der Waals surface area contributed by atoms with Crippen molar-refractivity contribution < 1.29 is 23.7 Å². The molecule has 0 aliphatic carbocycles. The first-order chi connectivity index (χ1) is 9.15. The van der Waals surface area contributed by atoms with Gasteiger partial charge in [-0.3, -0.25) is 4.79 Å². The normalized spacial score (nSPS) is 21.2. The van der Waals surface area contributed by atoms with Crippen LogP contribution in [0.2, 0.25) is 0 Å². The number of ketones is 1. The van der Waals surface area contributed by atoms with Crippen molar-refractivity contribution in [1.29, 1.82) is 0 Å². The van der Waals surface area contributed by atoms with Crippen LogP contribution in [-0.4, -0.2) is 45.4 Å². The molecule has 0 bridgehead atoms. The summed E-state index contributed by atoms with van der Waals surface area (Å²) < 4.78 is 21.9. The SMILES string of the molecule is COC[C@H]1Oc2ccc(C(C)=O)cc2O[C@@H]1COC. The lowest BCUT2D eigenvalue weighted by Crippen LogP contribution is -2.45. The summed E-state index contributed by atoms with van der Waals surface area (Å²) in [7, 11) is 3.22. The van der Waals surface area contributed by atoms with E-state index in [1.165, 1.54) is 6.92 Å². The topological polar surface area (TPSA) is 54.0 Å². The van der Waals surface area contributed by atoms with Crippen LogP contribution < -0.4 is 9.47 Å². The summed E-state index contributed by atoms with van der Waals surface area (Å²) in [6, 6.07) is 5.17. The van der Waals surface area contributed by atoms with Crippen LogP contribution in [0.3, 0.4) is 0 Å². The van der Waals surface area contributed by atoms with E-state index >= 15 is 0 Å². The molecule has 0 unspecified atom stereocenters. The maximum absolute atomic E-state index is 11.4. The predicted octanol–water partition coefficient (Wildman–Crippen LogP) is 1.69.